The Morgan fingerprint density at radius 1 is 1.57 bits per heavy atom. The van der Waals surface area contributed by atoms with Crippen LogP contribution in [0.2, 0.25) is 0 Å². The highest BCUT2D eigenvalue weighted by Crippen LogP contribution is 2.30. The summed E-state index contributed by atoms with van der Waals surface area (Å²) >= 11 is 2.15. The van der Waals surface area contributed by atoms with E-state index in [9.17, 15) is 14.0 Å². The number of primary amides is 1. The normalized spacial score (nSPS) is 20.0. The fourth-order valence-corrected chi connectivity index (χ4v) is 2.93. The lowest BCUT2D eigenvalue weighted by molar-refractivity contribution is -0.00458. The largest absolute Gasteiger partial charge is 0.453 e. The van der Waals surface area contributed by atoms with Crippen LogP contribution in [0.1, 0.15) is 33.5 Å². The first kappa shape index (κ1) is 15.9. The van der Waals surface area contributed by atoms with Gasteiger partial charge in [-0.3, -0.25) is 9.36 Å². The molecular weight excluding hydrogens is 416 g/mol. The van der Waals surface area contributed by atoms with Crippen molar-refractivity contribution in [2.45, 2.75) is 18.9 Å². The van der Waals surface area contributed by atoms with Crippen molar-refractivity contribution in [1.82, 2.24) is 9.55 Å². The van der Waals surface area contributed by atoms with Crippen LogP contribution in [0.5, 0.6) is 0 Å². The molecule has 120 valence electrons. The summed E-state index contributed by atoms with van der Waals surface area (Å²) in [5.74, 6) is -1.93. The van der Waals surface area contributed by atoms with E-state index in [1.54, 1.807) is 0 Å². The number of hydrogen-bond donors (Lipinski definition) is 1. The van der Waals surface area contributed by atoms with Gasteiger partial charge in [0.05, 0.1) is 11.4 Å². The molecule has 0 fully saturated rings. The number of benzene rings is 1. The van der Waals surface area contributed by atoms with Gasteiger partial charge < -0.3 is 10.5 Å². The highest BCUT2D eigenvalue weighted by Gasteiger charge is 2.39. The quantitative estimate of drug-likeness (QED) is 0.460. The lowest BCUT2D eigenvalue weighted by atomic mass is 9.98. The molecule has 1 atom stereocenters. The van der Waals surface area contributed by atoms with Crippen LogP contribution in [0.3, 0.4) is 0 Å². The summed E-state index contributed by atoms with van der Waals surface area (Å²) in [5, 5.41) is 0. The van der Waals surface area contributed by atoms with Crippen LogP contribution < -0.4 is 5.73 Å². The summed E-state index contributed by atoms with van der Waals surface area (Å²) in [7, 11) is 0. The van der Waals surface area contributed by atoms with Crippen molar-refractivity contribution in [2.24, 2.45) is 5.73 Å². The lowest BCUT2D eigenvalue weighted by Crippen LogP contribution is -2.41. The molecule has 1 aromatic carbocycles. The minimum atomic E-state index is -0.722. The number of imidazole rings is 1. The number of ether oxygens (including phenoxy) is 1. The van der Waals surface area contributed by atoms with Gasteiger partial charge in [-0.2, -0.15) is 0 Å². The third-order valence-electron chi connectivity index (χ3n) is 3.69. The first-order valence-electron chi connectivity index (χ1n) is 6.80. The molecule has 0 spiro atoms. The lowest BCUT2D eigenvalue weighted by Gasteiger charge is -2.31. The Labute approximate surface area is 145 Å². The predicted molar refractivity (Wildman–Crippen MR) is 88.5 cm³/mol. The highest BCUT2D eigenvalue weighted by atomic mass is 127. The topological polar surface area (TPSA) is 87.2 Å². The van der Waals surface area contributed by atoms with E-state index >= 15 is 0 Å². The van der Waals surface area contributed by atoms with E-state index in [1.165, 1.54) is 23.0 Å². The summed E-state index contributed by atoms with van der Waals surface area (Å²) in [4.78, 5) is 27.6. The number of nitrogens with two attached hydrogens (primary N) is 1. The fraction of sp³-hybridized carbons (Fsp3) is 0.267. The Hall–Kier alpha value is -1.97. The minimum absolute atomic E-state index is 0.0558. The maximum absolute atomic E-state index is 14.3. The maximum atomic E-state index is 14.3. The number of carbonyl (C=O) groups excluding carboxylic acids is 2. The van der Waals surface area contributed by atoms with E-state index in [2.05, 4.69) is 27.6 Å². The molecule has 1 aliphatic rings. The molecule has 2 aromatic rings. The van der Waals surface area contributed by atoms with E-state index < -0.39 is 23.3 Å². The number of esters is 1. The molecule has 23 heavy (non-hydrogen) atoms. The number of alkyl halides is 1. The van der Waals surface area contributed by atoms with Gasteiger partial charge in [-0.15, -0.1) is 0 Å². The van der Waals surface area contributed by atoms with Gasteiger partial charge in [-0.05, 0) is 25.1 Å². The van der Waals surface area contributed by atoms with E-state index in [1.807, 2.05) is 6.92 Å². The van der Waals surface area contributed by atoms with Crippen LogP contribution in [0, 0.1) is 5.82 Å². The van der Waals surface area contributed by atoms with Crippen molar-refractivity contribution in [3.05, 3.63) is 47.3 Å². The zero-order valence-corrected chi connectivity index (χ0v) is 14.3. The Morgan fingerprint density at radius 3 is 2.91 bits per heavy atom. The second-order valence-electron chi connectivity index (χ2n) is 5.59. The molecule has 1 unspecified atom stereocenters. The number of cyclic esters (lactones) is 1. The van der Waals surface area contributed by atoms with Gasteiger partial charge in [0.1, 0.15) is 17.7 Å². The Bertz CT molecular complexity index is 820. The number of hydrogen-bond acceptors (Lipinski definition) is 4. The van der Waals surface area contributed by atoms with Crippen LogP contribution in [0.15, 0.2) is 24.5 Å². The summed E-state index contributed by atoms with van der Waals surface area (Å²) in [6.45, 7) is 1.83. The Kier molecular flexibility index (Phi) is 3.86. The minimum Gasteiger partial charge on any atom is -0.453 e. The molecule has 1 amide bonds. The molecule has 1 aromatic heterocycles. The number of amides is 1. The van der Waals surface area contributed by atoms with Gasteiger partial charge in [0.25, 0.3) is 0 Å². The predicted octanol–water partition coefficient (Wildman–Crippen LogP) is 2.02. The molecule has 2 N–H and O–H groups in total. The number of halogens is 2. The monoisotopic (exact) mass is 429 g/mol. The van der Waals surface area contributed by atoms with E-state index in [0.717, 1.165) is 6.07 Å². The van der Waals surface area contributed by atoms with E-state index in [-0.39, 0.29) is 16.9 Å². The van der Waals surface area contributed by atoms with Crippen LogP contribution in [0.4, 0.5) is 4.39 Å². The van der Waals surface area contributed by atoms with Gasteiger partial charge in [0, 0.05) is 16.4 Å². The second-order valence-corrected chi connectivity index (χ2v) is 6.35. The zero-order valence-electron chi connectivity index (χ0n) is 12.2. The van der Waals surface area contributed by atoms with Gasteiger partial charge >= 0.3 is 5.97 Å². The standard InChI is InChI=1S/C15H13FIN3O3/c1-15(6-17)5-10-12(14(22)23-15)20(7-19-10)11-3-2-8(13(18)21)4-9(11)16/h2-4,7H,5-6H2,1H3,(H2,18,21). The molecule has 0 saturated carbocycles. The van der Waals surface area contributed by atoms with Gasteiger partial charge in [-0.1, -0.05) is 22.6 Å². The third kappa shape index (κ3) is 2.71. The summed E-state index contributed by atoms with van der Waals surface area (Å²) < 4.78 is 21.7. The molecule has 8 heteroatoms. The smallest absolute Gasteiger partial charge is 0.357 e. The number of nitrogens with zero attached hydrogens (tertiary/aromatic N) is 2. The van der Waals surface area contributed by atoms with Crippen molar-refractivity contribution in [3.63, 3.8) is 0 Å². The van der Waals surface area contributed by atoms with Gasteiger partial charge in [0.2, 0.25) is 5.91 Å². The fourth-order valence-electron chi connectivity index (χ4n) is 2.51. The second kappa shape index (κ2) is 5.59. The maximum Gasteiger partial charge on any atom is 0.357 e. The van der Waals surface area contributed by atoms with E-state index in [0.29, 0.717) is 16.5 Å². The third-order valence-corrected chi connectivity index (χ3v) is 5.31. The highest BCUT2D eigenvalue weighted by molar-refractivity contribution is 14.1. The van der Waals surface area contributed by atoms with Gasteiger partial charge in [0.15, 0.2) is 5.69 Å². The number of fused-ring (bicyclic) bond motifs is 1. The average molecular weight is 429 g/mol. The molecular formula is C15H13FIN3O3. The Morgan fingerprint density at radius 2 is 2.30 bits per heavy atom. The molecule has 0 radical (unpaired) electrons. The molecule has 0 aliphatic carbocycles. The van der Waals surface area contributed by atoms with Crippen molar-refractivity contribution in [3.8, 4) is 5.69 Å². The molecule has 1 aliphatic heterocycles. The first-order chi connectivity index (χ1) is 10.8. The zero-order chi connectivity index (χ0) is 16.8. The molecule has 3 rings (SSSR count). The molecule has 6 nitrogen and oxygen atoms in total. The first-order valence-corrected chi connectivity index (χ1v) is 8.32. The SMILES string of the molecule is CC1(CI)Cc2ncn(-c3ccc(C(N)=O)cc3F)c2C(=O)O1. The molecule has 2 heterocycles. The molecule has 0 bridgehead atoms. The van der Waals surface area contributed by atoms with Crippen LogP contribution >= 0.6 is 22.6 Å². The van der Waals surface area contributed by atoms with Crippen LogP contribution in [-0.4, -0.2) is 31.5 Å². The summed E-state index contributed by atoms with van der Waals surface area (Å²) in [6, 6.07) is 3.82. The van der Waals surface area contributed by atoms with Crippen molar-refractivity contribution < 1.29 is 18.7 Å². The molecule has 0 saturated heterocycles. The number of carbonyl (C=O) groups is 2. The van der Waals surface area contributed by atoms with Crippen molar-refractivity contribution in [2.75, 3.05) is 4.43 Å². The summed E-state index contributed by atoms with van der Waals surface area (Å²) in [6.07, 6.45) is 1.85. The number of rotatable bonds is 3. The van der Waals surface area contributed by atoms with Crippen LogP contribution in [0.25, 0.3) is 5.69 Å². The van der Waals surface area contributed by atoms with E-state index in [4.69, 9.17) is 10.5 Å². The summed E-state index contributed by atoms with van der Waals surface area (Å²) in [5.41, 5.74) is 5.46. The van der Waals surface area contributed by atoms with Gasteiger partial charge in [-0.25, -0.2) is 14.2 Å². The Balaban J connectivity index is 2.08. The van der Waals surface area contributed by atoms with Crippen molar-refractivity contribution in [1.29, 1.82) is 0 Å². The average Bonchev–Trinajstić information content (AvgIpc) is 2.90. The van der Waals surface area contributed by atoms with Crippen molar-refractivity contribution >= 4 is 34.5 Å². The number of aromatic nitrogens is 2. The van der Waals surface area contributed by atoms with Crippen LogP contribution in [-0.2, 0) is 11.2 Å².